The molecule has 0 saturated heterocycles. The smallest absolute Gasteiger partial charge is 0.267 e. The van der Waals surface area contributed by atoms with Crippen LogP contribution < -0.4 is 10.9 Å². The van der Waals surface area contributed by atoms with Crippen molar-refractivity contribution in [3.05, 3.63) is 52.8 Å². The molecular weight excluding hydrogens is 302 g/mol. The maximum Gasteiger partial charge on any atom is 0.267 e. The lowest BCUT2D eigenvalue weighted by atomic mass is 9.86. The molecule has 1 aromatic carbocycles. The molecule has 126 valence electrons. The van der Waals surface area contributed by atoms with Gasteiger partial charge < -0.3 is 5.32 Å². The number of rotatable bonds is 4. The van der Waals surface area contributed by atoms with Gasteiger partial charge in [-0.25, -0.2) is 4.68 Å². The average molecular weight is 325 g/mol. The van der Waals surface area contributed by atoms with Gasteiger partial charge in [-0.05, 0) is 24.8 Å². The average Bonchev–Trinajstić information content (AvgIpc) is 2.60. The lowest BCUT2D eigenvalue weighted by molar-refractivity contribution is -0.123. The minimum atomic E-state index is -0.262. The summed E-state index contributed by atoms with van der Waals surface area (Å²) < 4.78 is 1.24. The summed E-state index contributed by atoms with van der Waals surface area (Å²) in [7, 11) is 0. The molecule has 24 heavy (non-hydrogen) atoms. The monoisotopic (exact) mass is 325 g/mol. The van der Waals surface area contributed by atoms with Crippen LogP contribution in [0.2, 0.25) is 0 Å². The highest BCUT2D eigenvalue weighted by Crippen LogP contribution is 2.23. The number of hydrogen-bond acceptors (Lipinski definition) is 3. The second kappa shape index (κ2) is 7.43. The van der Waals surface area contributed by atoms with Crippen LogP contribution in [-0.4, -0.2) is 21.7 Å². The molecule has 3 rings (SSSR count). The quantitative estimate of drug-likeness (QED) is 0.940. The molecule has 1 aliphatic carbocycles. The molecule has 0 spiro atoms. The number of amides is 1. The molecule has 1 saturated carbocycles. The first-order valence-corrected chi connectivity index (χ1v) is 8.56. The zero-order chi connectivity index (χ0) is 16.9. The summed E-state index contributed by atoms with van der Waals surface area (Å²) in [5.74, 6) is 0.344. The lowest BCUT2D eigenvalue weighted by Gasteiger charge is -2.29. The van der Waals surface area contributed by atoms with E-state index in [4.69, 9.17) is 0 Å². The minimum absolute atomic E-state index is 0.0390. The van der Waals surface area contributed by atoms with E-state index in [1.165, 1.54) is 17.2 Å². The van der Waals surface area contributed by atoms with Crippen molar-refractivity contribution in [2.75, 3.05) is 0 Å². The van der Waals surface area contributed by atoms with Crippen molar-refractivity contribution < 1.29 is 4.79 Å². The van der Waals surface area contributed by atoms with Crippen molar-refractivity contribution in [3.8, 4) is 11.3 Å². The highest BCUT2D eigenvalue weighted by Gasteiger charge is 2.23. The Kier molecular flexibility index (Phi) is 5.08. The Bertz CT molecular complexity index is 755. The molecule has 1 fully saturated rings. The molecule has 2 aromatic rings. The number of carbonyl (C=O) groups is 1. The number of nitrogens with one attached hydrogen (secondary N) is 1. The Morgan fingerprint density at radius 1 is 1.17 bits per heavy atom. The summed E-state index contributed by atoms with van der Waals surface area (Å²) in [5, 5.41) is 7.40. The van der Waals surface area contributed by atoms with E-state index in [1.54, 1.807) is 6.07 Å². The van der Waals surface area contributed by atoms with Crippen LogP contribution in [0.15, 0.2) is 47.3 Å². The van der Waals surface area contributed by atoms with Crippen LogP contribution in [0, 0.1) is 5.92 Å². The third-order valence-corrected chi connectivity index (χ3v) is 4.69. The van der Waals surface area contributed by atoms with Crippen LogP contribution in [-0.2, 0) is 11.3 Å². The van der Waals surface area contributed by atoms with Gasteiger partial charge in [0.25, 0.3) is 5.56 Å². The summed E-state index contributed by atoms with van der Waals surface area (Å²) in [5.41, 5.74) is 1.35. The largest absolute Gasteiger partial charge is 0.351 e. The Labute approximate surface area is 141 Å². The number of aromatic nitrogens is 2. The summed E-state index contributed by atoms with van der Waals surface area (Å²) >= 11 is 0. The lowest BCUT2D eigenvalue weighted by Crippen LogP contribution is -2.43. The first kappa shape index (κ1) is 16.4. The van der Waals surface area contributed by atoms with Crippen LogP contribution in [0.25, 0.3) is 11.3 Å². The summed E-state index contributed by atoms with van der Waals surface area (Å²) in [6.07, 6.45) is 4.54. The molecule has 2 atom stereocenters. The summed E-state index contributed by atoms with van der Waals surface area (Å²) in [6, 6.07) is 13.0. The van der Waals surface area contributed by atoms with Gasteiger partial charge in [0.1, 0.15) is 6.54 Å². The van der Waals surface area contributed by atoms with E-state index in [0.717, 1.165) is 24.8 Å². The fraction of sp³-hybridized carbons (Fsp3) is 0.421. The number of carbonyl (C=O) groups excluding carboxylic acids is 1. The first-order valence-electron chi connectivity index (χ1n) is 8.56. The molecular formula is C19H23N3O2. The maximum atomic E-state index is 12.3. The van der Waals surface area contributed by atoms with Crippen molar-refractivity contribution in [1.82, 2.24) is 15.1 Å². The van der Waals surface area contributed by atoms with Gasteiger partial charge >= 0.3 is 0 Å². The Morgan fingerprint density at radius 3 is 2.67 bits per heavy atom. The van der Waals surface area contributed by atoms with Gasteiger partial charge in [0.2, 0.25) is 5.91 Å². The van der Waals surface area contributed by atoms with Crippen LogP contribution in [0.3, 0.4) is 0 Å². The highest BCUT2D eigenvalue weighted by molar-refractivity contribution is 5.76. The molecule has 0 radical (unpaired) electrons. The molecule has 5 nitrogen and oxygen atoms in total. The van der Waals surface area contributed by atoms with Crippen molar-refractivity contribution in [3.63, 3.8) is 0 Å². The zero-order valence-corrected chi connectivity index (χ0v) is 13.9. The normalized spacial score (nSPS) is 20.5. The second-order valence-corrected chi connectivity index (χ2v) is 6.52. The van der Waals surface area contributed by atoms with Gasteiger partial charge in [0.05, 0.1) is 5.69 Å². The zero-order valence-electron chi connectivity index (χ0n) is 13.9. The van der Waals surface area contributed by atoms with Gasteiger partial charge in [-0.15, -0.1) is 0 Å². The number of hydrogen-bond donors (Lipinski definition) is 1. The predicted molar refractivity (Wildman–Crippen MR) is 93.5 cm³/mol. The van der Waals surface area contributed by atoms with Crippen molar-refractivity contribution in [1.29, 1.82) is 0 Å². The molecule has 5 heteroatoms. The van der Waals surface area contributed by atoms with Gasteiger partial charge in [-0.2, -0.15) is 5.10 Å². The first-order chi connectivity index (χ1) is 11.6. The van der Waals surface area contributed by atoms with Crippen LogP contribution >= 0.6 is 0 Å². The predicted octanol–water partition coefficient (Wildman–Crippen LogP) is 2.61. The van der Waals surface area contributed by atoms with Crippen molar-refractivity contribution in [2.24, 2.45) is 5.92 Å². The van der Waals surface area contributed by atoms with E-state index in [1.807, 2.05) is 30.3 Å². The Balaban J connectivity index is 1.72. The number of benzene rings is 1. The van der Waals surface area contributed by atoms with E-state index in [0.29, 0.717) is 11.6 Å². The van der Waals surface area contributed by atoms with Crippen LogP contribution in [0.4, 0.5) is 0 Å². The second-order valence-electron chi connectivity index (χ2n) is 6.52. The van der Waals surface area contributed by atoms with E-state index < -0.39 is 0 Å². The third kappa shape index (κ3) is 3.91. The van der Waals surface area contributed by atoms with Crippen LogP contribution in [0.5, 0.6) is 0 Å². The topological polar surface area (TPSA) is 64.0 Å². The SMILES string of the molecule is C[C@H]1CCCC[C@H]1NC(=O)Cn1nc(-c2ccccc2)ccc1=O. The molecule has 1 amide bonds. The molecule has 0 bridgehead atoms. The summed E-state index contributed by atoms with van der Waals surface area (Å²) in [6.45, 7) is 2.13. The Hall–Kier alpha value is -2.43. The summed E-state index contributed by atoms with van der Waals surface area (Å²) in [4.78, 5) is 24.3. The highest BCUT2D eigenvalue weighted by atomic mass is 16.2. The third-order valence-electron chi connectivity index (χ3n) is 4.69. The van der Waals surface area contributed by atoms with Gasteiger partial charge in [0, 0.05) is 17.7 Å². The molecule has 1 aromatic heterocycles. The Morgan fingerprint density at radius 2 is 1.92 bits per heavy atom. The maximum absolute atomic E-state index is 12.3. The molecule has 1 heterocycles. The standard InChI is InChI=1S/C19H23N3O2/c1-14-7-5-6-10-16(14)20-18(23)13-22-19(24)12-11-17(21-22)15-8-3-2-4-9-15/h2-4,8-9,11-12,14,16H,5-7,10,13H2,1H3,(H,20,23)/t14-,16+/m0/s1. The van der Waals surface area contributed by atoms with Crippen molar-refractivity contribution in [2.45, 2.75) is 45.2 Å². The van der Waals surface area contributed by atoms with Gasteiger partial charge in [-0.3, -0.25) is 9.59 Å². The molecule has 1 aliphatic rings. The van der Waals surface area contributed by atoms with E-state index in [-0.39, 0.29) is 24.1 Å². The molecule has 0 unspecified atom stereocenters. The fourth-order valence-electron chi connectivity index (χ4n) is 3.24. The molecule has 1 N–H and O–H groups in total. The fourth-order valence-corrected chi connectivity index (χ4v) is 3.24. The van der Waals surface area contributed by atoms with Crippen molar-refractivity contribution >= 4 is 5.91 Å². The van der Waals surface area contributed by atoms with E-state index >= 15 is 0 Å². The van der Waals surface area contributed by atoms with Crippen LogP contribution in [0.1, 0.15) is 32.6 Å². The number of nitrogens with zero attached hydrogens (tertiary/aromatic N) is 2. The van der Waals surface area contributed by atoms with E-state index in [9.17, 15) is 9.59 Å². The van der Waals surface area contributed by atoms with Gasteiger partial charge in [-0.1, -0.05) is 50.1 Å². The van der Waals surface area contributed by atoms with Gasteiger partial charge in [0.15, 0.2) is 0 Å². The molecule has 0 aliphatic heterocycles. The van der Waals surface area contributed by atoms with E-state index in [2.05, 4.69) is 17.3 Å². The minimum Gasteiger partial charge on any atom is -0.351 e.